The van der Waals surface area contributed by atoms with Gasteiger partial charge in [0.25, 0.3) is 0 Å². The Labute approximate surface area is 206 Å². The fraction of sp³-hybridized carbons (Fsp3) is 0.800. The van der Waals surface area contributed by atoms with Crippen LogP contribution in [0.1, 0.15) is 60.8 Å². The van der Waals surface area contributed by atoms with Crippen molar-refractivity contribution in [1.82, 2.24) is 5.32 Å². The van der Waals surface area contributed by atoms with Crippen LogP contribution >= 0.6 is 0 Å². The van der Waals surface area contributed by atoms with Crippen LogP contribution in [0, 0.1) is 16.7 Å². The molecule has 0 radical (unpaired) electrons. The first-order valence-corrected chi connectivity index (χ1v) is 12.1. The van der Waals surface area contributed by atoms with E-state index in [-0.39, 0.29) is 19.5 Å². The quantitative estimate of drug-likeness (QED) is 0.324. The molecular formula is C25H40N2O8. The number of carbonyl (C=O) groups is 3. The van der Waals surface area contributed by atoms with Crippen LogP contribution in [0.15, 0.2) is 12.7 Å². The van der Waals surface area contributed by atoms with Crippen LogP contribution in [0.2, 0.25) is 0 Å². The Kier molecular flexibility index (Phi) is 6.96. The number of carbonyl (C=O) groups excluding carboxylic acids is 3. The maximum Gasteiger partial charge on any atom is 0.407 e. The van der Waals surface area contributed by atoms with Crippen molar-refractivity contribution in [2.45, 2.75) is 95.9 Å². The van der Waals surface area contributed by atoms with E-state index >= 15 is 0 Å². The summed E-state index contributed by atoms with van der Waals surface area (Å²) in [6.45, 7) is 13.9. The zero-order chi connectivity index (χ0) is 26.6. The number of alkyl carbamates (subject to hydrolysis) is 1. The lowest BCUT2D eigenvalue weighted by atomic mass is 9.39. The Hall–Kier alpha value is -2.01. The highest BCUT2D eigenvalue weighted by atomic mass is 16.6. The second kappa shape index (κ2) is 8.83. The van der Waals surface area contributed by atoms with Crippen molar-refractivity contribution in [3.05, 3.63) is 12.7 Å². The van der Waals surface area contributed by atoms with Crippen LogP contribution in [0.5, 0.6) is 0 Å². The maximum atomic E-state index is 13.9. The van der Waals surface area contributed by atoms with Gasteiger partial charge < -0.3 is 35.5 Å². The lowest BCUT2D eigenvalue weighted by molar-refractivity contribution is -0.369. The number of ketones is 1. The average molecular weight is 497 g/mol. The third-order valence-electron chi connectivity index (χ3n) is 8.65. The van der Waals surface area contributed by atoms with E-state index < -0.39 is 69.7 Å². The molecule has 10 nitrogen and oxygen atoms in total. The number of nitrogens with two attached hydrogens (primary N) is 1. The maximum absolute atomic E-state index is 13.9. The van der Waals surface area contributed by atoms with Gasteiger partial charge in [0.1, 0.15) is 11.7 Å². The van der Waals surface area contributed by atoms with Crippen molar-refractivity contribution in [3.8, 4) is 0 Å². The minimum Gasteiger partial charge on any atom is -0.455 e. The van der Waals surface area contributed by atoms with Gasteiger partial charge in [0.05, 0.1) is 11.7 Å². The summed E-state index contributed by atoms with van der Waals surface area (Å²) in [5.41, 5.74) is -1.96. The molecule has 1 amide bonds. The number of aliphatic hydroxyl groups is 2. The molecule has 0 unspecified atom stereocenters. The minimum atomic E-state index is -2.27. The highest BCUT2D eigenvalue weighted by molar-refractivity contribution is 5.92. The molecule has 2 saturated carbocycles. The lowest BCUT2D eigenvalue weighted by Gasteiger charge is -2.71. The summed E-state index contributed by atoms with van der Waals surface area (Å²) >= 11 is 0. The van der Waals surface area contributed by atoms with E-state index in [1.807, 2.05) is 13.8 Å². The second-order valence-electron chi connectivity index (χ2n) is 11.5. The Balaban J connectivity index is 2.32. The van der Waals surface area contributed by atoms with Crippen LogP contribution in [-0.2, 0) is 23.8 Å². The van der Waals surface area contributed by atoms with Gasteiger partial charge in [0.2, 0.25) is 0 Å². The van der Waals surface area contributed by atoms with Crippen LogP contribution in [-0.4, -0.2) is 76.3 Å². The van der Waals surface area contributed by atoms with Crippen LogP contribution in [0.25, 0.3) is 0 Å². The van der Waals surface area contributed by atoms with E-state index in [1.54, 1.807) is 13.8 Å². The number of amides is 1. The minimum absolute atomic E-state index is 0.155. The van der Waals surface area contributed by atoms with Gasteiger partial charge in [-0.1, -0.05) is 26.8 Å². The highest BCUT2D eigenvalue weighted by Crippen LogP contribution is 2.67. The zero-order valence-electron chi connectivity index (χ0n) is 21.6. The van der Waals surface area contributed by atoms with E-state index in [9.17, 15) is 24.6 Å². The largest absolute Gasteiger partial charge is 0.455 e. The van der Waals surface area contributed by atoms with Gasteiger partial charge in [-0.2, -0.15) is 0 Å². The molecule has 8 atom stereocenters. The number of aliphatic hydroxyl groups excluding tert-OH is 1. The fourth-order valence-electron chi connectivity index (χ4n) is 7.08. The summed E-state index contributed by atoms with van der Waals surface area (Å²) in [6, 6.07) is 0. The van der Waals surface area contributed by atoms with Crippen molar-refractivity contribution in [2.75, 3.05) is 13.1 Å². The van der Waals surface area contributed by atoms with Crippen LogP contribution < -0.4 is 11.1 Å². The van der Waals surface area contributed by atoms with Gasteiger partial charge in [-0.15, -0.1) is 6.58 Å². The summed E-state index contributed by atoms with van der Waals surface area (Å²) in [5, 5.41) is 26.4. The summed E-state index contributed by atoms with van der Waals surface area (Å²) in [4.78, 5) is 39.0. The lowest BCUT2D eigenvalue weighted by Crippen LogP contribution is -2.87. The molecule has 0 aromatic carbocycles. The average Bonchev–Trinajstić information content (AvgIpc) is 2.75. The van der Waals surface area contributed by atoms with Crippen molar-refractivity contribution in [3.63, 3.8) is 0 Å². The molecule has 198 valence electrons. The molecule has 10 heteroatoms. The van der Waals surface area contributed by atoms with Crippen molar-refractivity contribution >= 4 is 17.8 Å². The number of hydrogen-bond acceptors (Lipinski definition) is 9. The number of ether oxygens (including phenoxy) is 3. The Morgan fingerprint density at radius 1 is 1.26 bits per heavy atom. The van der Waals surface area contributed by atoms with E-state index in [0.717, 1.165) is 0 Å². The van der Waals surface area contributed by atoms with Gasteiger partial charge in [0, 0.05) is 37.8 Å². The molecule has 3 aliphatic rings. The number of rotatable bonds is 5. The van der Waals surface area contributed by atoms with E-state index in [1.165, 1.54) is 19.9 Å². The topological polar surface area (TPSA) is 157 Å². The van der Waals surface area contributed by atoms with Gasteiger partial charge in [-0.25, -0.2) is 4.79 Å². The fourth-order valence-corrected chi connectivity index (χ4v) is 7.08. The van der Waals surface area contributed by atoms with Gasteiger partial charge in [-0.3, -0.25) is 9.59 Å². The highest BCUT2D eigenvalue weighted by Gasteiger charge is 2.82. The monoisotopic (exact) mass is 496 g/mol. The number of hydrogen-bond donors (Lipinski definition) is 4. The number of nitrogens with one attached hydrogen (secondary N) is 1. The second-order valence-corrected chi connectivity index (χ2v) is 11.5. The van der Waals surface area contributed by atoms with E-state index in [0.29, 0.717) is 12.8 Å². The standard InChI is InChI=1S/C25H40N2O8/c1-8-22(5)13-16(30)25(32)23(6)15(29)9-10-21(3,4)18(23)17(34-20(31)27-12-11-26)19(33-14(2)28)24(25,7)35-22/h8,15,17-19,29,32H,1,9-13,26H2,2-7H3,(H,27,31)/t15-,17-,18-,19-,22-,23-,24+,25-/m0/s1. The van der Waals surface area contributed by atoms with Gasteiger partial charge >= 0.3 is 12.1 Å². The molecule has 0 bridgehead atoms. The number of Topliss-reactive ketones (excluding diaryl/α,β-unsaturated/α-hetero) is 1. The normalized spacial score (nSPS) is 44.4. The molecule has 0 aromatic rings. The Morgan fingerprint density at radius 2 is 1.89 bits per heavy atom. The molecule has 1 aliphatic heterocycles. The Morgan fingerprint density at radius 3 is 2.43 bits per heavy atom. The molecule has 3 fully saturated rings. The third-order valence-corrected chi connectivity index (χ3v) is 8.65. The molecule has 5 N–H and O–H groups in total. The number of fused-ring (bicyclic) bond motifs is 3. The summed E-state index contributed by atoms with van der Waals surface area (Å²) in [7, 11) is 0. The SMILES string of the molecule is C=C[C@@]1(C)CC(=O)[C@]2(O)[C@@]3(C)[C@@H](O)CCC(C)(C)[C@@H]3[C@H](OC(=O)NCCN)[C@H](OC(C)=O)[C@@]2(C)O1. The first-order chi connectivity index (χ1) is 16.0. The van der Waals surface area contributed by atoms with Crippen LogP contribution in [0.3, 0.4) is 0 Å². The zero-order valence-corrected chi connectivity index (χ0v) is 21.6. The molecule has 0 aromatic heterocycles. The van der Waals surface area contributed by atoms with Crippen LogP contribution in [0.4, 0.5) is 4.79 Å². The van der Waals surface area contributed by atoms with Crippen molar-refractivity contribution in [2.24, 2.45) is 22.5 Å². The first kappa shape index (κ1) is 27.6. The first-order valence-electron chi connectivity index (χ1n) is 12.1. The van der Waals surface area contributed by atoms with E-state index in [2.05, 4.69) is 11.9 Å². The van der Waals surface area contributed by atoms with Gasteiger partial charge in [0.15, 0.2) is 17.5 Å². The molecular weight excluding hydrogens is 456 g/mol. The third kappa shape index (κ3) is 3.89. The van der Waals surface area contributed by atoms with Crippen molar-refractivity contribution < 1.29 is 38.8 Å². The smallest absolute Gasteiger partial charge is 0.407 e. The molecule has 3 rings (SSSR count). The summed E-state index contributed by atoms with van der Waals surface area (Å²) in [6.07, 6.45) is -2.32. The Bertz CT molecular complexity index is 908. The predicted octanol–water partition coefficient (Wildman–Crippen LogP) is 1.21. The molecule has 35 heavy (non-hydrogen) atoms. The summed E-state index contributed by atoms with van der Waals surface area (Å²) in [5.74, 6) is -2.03. The molecule has 2 aliphatic carbocycles. The van der Waals surface area contributed by atoms with Crippen molar-refractivity contribution in [1.29, 1.82) is 0 Å². The van der Waals surface area contributed by atoms with E-state index in [4.69, 9.17) is 19.9 Å². The van der Waals surface area contributed by atoms with Gasteiger partial charge in [-0.05, 0) is 32.1 Å². The predicted molar refractivity (Wildman–Crippen MR) is 126 cm³/mol. The molecule has 1 saturated heterocycles. The summed E-state index contributed by atoms with van der Waals surface area (Å²) < 4.78 is 18.0. The molecule has 0 spiro atoms. The number of esters is 1. The molecule has 1 heterocycles.